The van der Waals surface area contributed by atoms with Crippen molar-refractivity contribution in [2.75, 3.05) is 42.9 Å². The van der Waals surface area contributed by atoms with Crippen molar-refractivity contribution in [3.05, 3.63) is 58.7 Å². The van der Waals surface area contributed by atoms with Gasteiger partial charge in [-0.15, -0.1) is 0 Å². The largest absolute Gasteiger partial charge is 0.384 e. The second-order valence-corrected chi connectivity index (χ2v) is 7.53. The molecule has 0 radical (unpaired) electrons. The minimum Gasteiger partial charge on any atom is -0.384 e. The zero-order valence-corrected chi connectivity index (χ0v) is 17.0. The predicted molar refractivity (Wildman–Crippen MR) is 114 cm³/mol. The average Bonchev–Trinajstić information content (AvgIpc) is 2.66. The molecule has 1 heterocycles. The molecule has 0 spiro atoms. The van der Waals surface area contributed by atoms with Gasteiger partial charge in [0, 0.05) is 50.5 Å². The lowest BCUT2D eigenvalue weighted by Gasteiger charge is -2.37. The summed E-state index contributed by atoms with van der Waals surface area (Å²) >= 11 is 0. The Balaban J connectivity index is 1.49. The third-order valence-corrected chi connectivity index (χ3v) is 5.67. The van der Waals surface area contributed by atoms with Gasteiger partial charge >= 0.3 is 0 Å². The molecule has 0 aromatic heterocycles. The number of benzene rings is 2. The molecule has 1 aliphatic heterocycles. The van der Waals surface area contributed by atoms with Gasteiger partial charge in [-0.25, -0.2) is 0 Å². The third kappa shape index (κ3) is 4.44. The summed E-state index contributed by atoms with van der Waals surface area (Å²) in [5.41, 5.74) is 7.58. The molecule has 2 aromatic carbocycles. The summed E-state index contributed by atoms with van der Waals surface area (Å²) in [5.74, 6) is 0.245. The van der Waals surface area contributed by atoms with E-state index in [0.717, 1.165) is 31.9 Å². The van der Waals surface area contributed by atoms with E-state index in [9.17, 15) is 4.79 Å². The molecule has 0 saturated carbocycles. The van der Waals surface area contributed by atoms with Gasteiger partial charge < -0.3 is 15.1 Å². The quantitative estimate of drug-likeness (QED) is 0.867. The fourth-order valence-corrected chi connectivity index (χ4v) is 3.82. The lowest BCUT2D eigenvalue weighted by molar-refractivity contribution is -0.131. The van der Waals surface area contributed by atoms with E-state index in [1.807, 2.05) is 4.90 Å². The molecule has 0 aliphatic carbocycles. The Labute approximate surface area is 163 Å². The van der Waals surface area contributed by atoms with Crippen LogP contribution in [0, 0.1) is 27.7 Å². The molecule has 1 aliphatic rings. The summed E-state index contributed by atoms with van der Waals surface area (Å²) in [6.07, 6.45) is 0.539. The van der Waals surface area contributed by atoms with Gasteiger partial charge in [-0.05, 0) is 56.0 Å². The van der Waals surface area contributed by atoms with Gasteiger partial charge in [0.05, 0.1) is 0 Å². The Kier molecular flexibility index (Phi) is 6.04. The van der Waals surface area contributed by atoms with Gasteiger partial charge in [-0.3, -0.25) is 4.79 Å². The predicted octanol–water partition coefficient (Wildman–Crippen LogP) is 4.07. The zero-order valence-electron chi connectivity index (χ0n) is 17.0. The number of aryl methyl sites for hydroxylation is 3. The number of para-hydroxylation sites is 1. The highest BCUT2D eigenvalue weighted by Crippen LogP contribution is 2.24. The summed E-state index contributed by atoms with van der Waals surface area (Å²) in [6.45, 7) is 12.6. The molecule has 144 valence electrons. The summed E-state index contributed by atoms with van der Waals surface area (Å²) in [6, 6.07) is 12.7. The van der Waals surface area contributed by atoms with Crippen LogP contribution in [0.4, 0.5) is 11.4 Å². The fraction of sp³-hybridized carbons (Fsp3) is 0.435. The smallest absolute Gasteiger partial charge is 0.224 e. The van der Waals surface area contributed by atoms with Gasteiger partial charge in [0.2, 0.25) is 5.91 Å². The number of carbonyl (C=O) groups excluding carboxylic acids is 1. The molecule has 0 unspecified atom stereocenters. The number of nitrogens with zero attached hydrogens (tertiary/aromatic N) is 2. The van der Waals surface area contributed by atoms with Crippen LogP contribution in [-0.4, -0.2) is 43.5 Å². The van der Waals surface area contributed by atoms with E-state index in [2.05, 4.69) is 74.3 Å². The first-order valence-corrected chi connectivity index (χ1v) is 9.86. The molecule has 0 atom stereocenters. The van der Waals surface area contributed by atoms with Crippen LogP contribution in [0.3, 0.4) is 0 Å². The highest BCUT2D eigenvalue weighted by molar-refractivity contribution is 5.77. The van der Waals surface area contributed by atoms with E-state index in [1.165, 1.54) is 27.9 Å². The molecular weight excluding hydrogens is 334 g/mol. The number of hydrogen-bond acceptors (Lipinski definition) is 3. The second-order valence-electron chi connectivity index (χ2n) is 7.53. The molecule has 4 nitrogen and oxygen atoms in total. The van der Waals surface area contributed by atoms with E-state index < -0.39 is 0 Å². The minimum atomic E-state index is 0.245. The van der Waals surface area contributed by atoms with Crippen LogP contribution in [0.25, 0.3) is 0 Å². The van der Waals surface area contributed by atoms with Crippen LogP contribution >= 0.6 is 0 Å². The number of rotatable bonds is 5. The molecule has 1 saturated heterocycles. The van der Waals surface area contributed by atoms with Crippen molar-refractivity contribution in [3.8, 4) is 0 Å². The van der Waals surface area contributed by atoms with Gasteiger partial charge in [0.25, 0.3) is 0 Å². The van der Waals surface area contributed by atoms with Crippen LogP contribution in [0.5, 0.6) is 0 Å². The SMILES string of the molecule is Cc1cccc(N2CCN(C(=O)CCNc3c(C)cccc3C)CC2)c1C. The van der Waals surface area contributed by atoms with E-state index in [4.69, 9.17) is 0 Å². The lowest BCUT2D eigenvalue weighted by atomic mass is 10.1. The van der Waals surface area contributed by atoms with Crippen molar-refractivity contribution in [2.24, 2.45) is 0 Å². The number of anilines is 2. The number of amides is 1. The Bertz CT molecular complexity index is 787. The maximum atomic E-state index is 12.6. The van der Waals surface area contributed by atoms with E-state index in [-0.39, 0.29) is 5.91 Å². The lowest BCUT2D eigenvalue weighted by Crippen LogP contribution is -2.49. The molecule has 3 rings (SSSR count). The molecule has 27 heavy (non-hydrogen) atoms. The Morgan fingerprint density at radius 2 is 1.48 bits per heavy atom. The molecular formula is C23H31N3O. The van der Waals surface area contributed by atoms with Crippen molar-refractivity contribution < 1.29 is 4.79 Å². The first-order chi connectivity index (χ1) is 13.0. The van der Waals surface area contributed by atoms with Crippen LogP contribution < -0.4 is 10.2 Å². The van der Waals surface area contributed by atoms with Crippen LogP contribution in [0.1, 0.15) is 28.7 Å². The second kappa shape index (κ2) is 8.47. The molecule has 1 fully saturated rings. The molecule has 0 bridgehead atoms. The summed E-state index contributed by atoms with van der Waals surface area (Å²) in [5, 5.41) is 3.44. The van der Waals surface area contributed by atoms with Gasteiger partial charge in [-0.2, -0.15) is 0 Å². The number of hydrogen-bond donors (Lipinski definition) is 1. The highest BCUT2D eigenvalue weighted by Gasteiger charge is 2.22. The maximum absolute atomic E-state index is 12.6. The zero-order chi connectivity index (χ0) is 19.4. The number of piperazine rings is 1. The summed E-state index contributed by atoms with van der Waals surface area (Å²) in [4.78, 5) is 17.0. The molecule has 1 N–H and O–H groups in total. The first-order valence-electron chi connectivity index (χ1n) is 9.86. The molecule has 4 heteroatoms. The van der Waals surface area contributed by atoms with E-state index in [0.29, 0.717) is 13.0 Å². The van der Waals surface area contributed by atoms with E-state index >= 15 is 0 Å². The maximum Gasteiger partial charge on any atom is 0.224 e. The minimum absolute atomic E-state index is 0.245. The van der Waals surface area contributed by atoms with Crippen molar-refractivity contribution in [2.45, 2.75) is 34.1 Å². The topological polar surface area (TPSA) is 35.6 Å². The molecule has 2 aromatic rings. The monoisotopic (exact) mass is 365 g/mol. The summed E-state index contributed by atoms with van der Waals surface area (Å²) in [7, 11) is 0. The summed E-state index contributed by atoms with van der Waals surface area (Å²) < 4.78 is 0. The first kappa shape index (κ1) is 19.3. The van der Waals surface area contributed by atoms with Crippen molar-refractivity contribution in [1.29, 1.82) is 0 Å². The van der Waals surface area contributed by atoms with Gasteiger partial charge in [0.1, 0.15) is 0 Å². The van der Waals surface area contributed by atoms with Crippen molar-refractivity contribution in [3.63, 3.8) is 0 Å². The fourth-order valence-electron chi connectivity index (χ4n) is 3.82. The Morgan fingerprint density at radius 1 is 0.889 bits per heavy atom. The number of carbonyl (C=O) groups is 1. The van der Waals surface area contributed by atoms with Crippen LogP contribution in [0.2, 0.25) is 0 Å². The van der Waals surface area contributed by atoms with Crippen molar-refractivity contribution >= 4 is 17.3 Å². The van der Waals surface area contributed by atoms with Crippen LogP contribution in [0.15, 0.2) is 36.4 Å². The van der Waals surface area contributed by atoms with E-state index in [1.54, 1.807) is 0 Å². The average molecular weight is 366 g/mol. The van der Waals surface area contributed by atoms with Crippen LogP contribution in [-0.2, 0) is 4.79 Å². The Morgan fingerprint density at radius 3 is 2.15 bits per heavy atom. The normalized spacial score (nSPS) is 14.4. The standard InChI is InChI=1S/C23H31N3O/c1-17-7-6-10-21(20(17)4)25-13-15-26(16-14-25)22(27)11-12-24-23-18(2)8-5-9-19(23)3/h5-10,24H,11-16H2,1-4H3. The highest BCUT2D eigenvalue weighted by atomic mass is 16.2. The molecule has 1 amide bonds. The Hall–Kier alpha value is -2.49. The van der Waals surface area contributed by atoms with Crippen molar-refractivity contribution in [1.82, 2.24) is 4.90 Å². The van der Waals surface area contributed by atoms with Gasteiger partial charge in [0.15, 0.2) is 0 Å². The number of nitrogens with one attached hydrogen (secondary N) is 1. The third-order valence-electron chi connectivity index (χ3n) is 5.67. The van der Waals surface area contributed by atoms with Gasteiger partial charge in [-0.1, -0.05) is 30.3 Å².